The summed E-state index contributed by atoms with van der Waals surface area (Å²) in [6.45, 7) is 4.04. The molecule has 138 valence electrons. The van der Waals surface area contributed by atoms with Crippen LogP contribution in [0, 0.1) is 6.92 Å². The number of rotatable bonds is 6. The topological polar surface area (TPSA) is 74.3 Å². The predicted molar refractivity (Wildman–Crippen MR) is 105 cm³/mol. The number of nitrogens with zero attached hydrogens (tertiary/aromatic N) is 5. The summed E-state index contributed by atoms with van der Waals surface area (Å²) in [6.07, 6.45) is 3.86. The molecule has 0 N–H and O–H groups in total. The summed E-state index contributed by atoms with van der Waals surface area (Å²) in [5, 5.41) is 11.8. The van der Waals surface area contributed by atoms with Crippen molar-refractivity contribution in [3.8, 4) is 5.69 Å². The minimum atomic E-state index is -0.313. The van der Waals surface area contributed by atoms with Crippen molar-refractivity contribution >= 4 is 11.8 Å². The third kappa shape index (κ3) is 4.38. The summed E-state index contributed by atoms with van der Waals surface area (Å²) in [4.78, 5) is 17.7. The highest BCUT2D eigenvalue weighted by Gasteiger charge is 2.13. The van der Waals surface area contributed by atoms with E-state index in [1.807, 2.05) is 74.5 Å². The molecule has 0 atom stereocenters. The van der Waals surface area contributed by atoms with E-state index in [1.165, 1.54) is 9.36 Å². The summed E-state index contributed by atoms with van der Waals surface area (Å²) in [5.41, 5.74) is 3.98. The number of hydrogen-bond donors (Lipinski definition) is 0. The first-order valence-corrected chi connectivity index (χ1v) is 8.54. The van der Waals surface area contributed by atoms with Crippen molar-refractivity contribution < 1.29 is 4.84 Å². The van der Waals surface area contributed by atoms with Crippen molar-refractivity contribution in [2.24, 2.45) is 12.2 Å². The molecular weight excluding hydrogens is 342 g/mol. The van der Waals surface area contributed by atoms with Crippen molar-refractivity contribution in [1.82, 2.24) is 19.8 Å². The van der Waals surface area contributed by atoms with Crippen LogP contribution in [0.3, 0.4) is 0 Å². The standard InChI is InChI=1S/C20H21N5O2/c1-15-8-7-11-19(25-20(26)24(3)22-23-25)18(15)14-27-21-16(2)12-13-17-9-5-4-6-10-17/h4-13H,14H2,1-3H3. The summed E-state index contributed by atoms with van der Waals surface area (Å²) < 4.78 is 2.45. The minimum Gasteiger partial charge on any atom is -0.391 e. The largest absolute Gasteiger partial charge is 0.391 e. The Kier molecular flexibility index (Phi) is 5.61. The van der Waals surface area contributed by atoms with E-state index in [2.05, 4.69) is 15.6 Å². The van der Waals surface area contributed by atoms with Crippen molar-refractivity contribution in [3.63, 3.8) is 0 Å². The highest BCUT2D eigenvalue weighted by atomic mass is 16.6. The minimum absolute atomic E-state index is 0.224. The lowest BCUT2D eigenvalue weighted by atomic mass is 10.1. The summed E-state index contributed by atoms with van der Waals surface area (Å²) >= 11 is 0. The van der Waals surface area contributed by atoms with Crippen LogP contribution in [0.15, 0.2) is 64.6 Å². The molecule has 1 heterocycles. The molecule has 2 aromatic carbocycles. The van der Waals surface area contributed by atoms with Crippen LogP contribution < -0.4 is 5.69 Å². The van der Waals surface area contributed by atoms with Gasteiger partial charge in [0.1, 0.15) is 6.61 Å². The summed E-state index contributed by atoms with van der Waals surface area (Å²) in [7, 11) is 1.56. The Labute approximate surface area is 157 Å². The normalized spacial score (nSPS) is 11.9. The lowest BCUT2D eigenvalue weighted by Crippen LogP contribution is -2.23. The fraction of sp³-hybridized carbons (Fsp3) is 0.200. The maximum absolute atomic E-state index is 12.2. The lowest BCUT2D eigenvalue weighted by Gasteiger charge is -2.10. The highest BCUT2D eigenvalue weighted by molar-refractivity contribution is 5.95. The first kappa shape index (κ1) is 18.3. The van der Waals surface area contributed by atoms with Crippen LogP contribution in [0.4, 0.5) is 0 Å². The average Bonchev–Trinajstić information content (AvgIpc) is 3.01. The molecule has 0 amide bonds. The first-order chi connectivity index (χ1) is 13.1. The van der Waals surface area contributed by atoms with Crippen molar-refractivity contribution in [2.75, 3.05) is 0 Å². The number of aryl methyl sites for hydroxylation is 2. The van der Waals surface area contributed by atoms with E-state index in [0.717, 1.165) is 22.4 Å². The fourth-order valence-electron chi connectivity index (χ4n) is 2.55. The molecule has 1 aromatic heterocycles. The average molecular weight is 363 g/mol. The molecule has 0 fully saturated rings. The van der Waals surface area contributed by atoms with E-state index in [4.69, 9.17) is 4.84 Å². The third-order valence-corrected chi connectivity index (χ3v) is 4.07. The van der Waals surface area contributed by atoms with Gasteiger partial charge in [0.25, 0.3) is 0 Å². The van der Waals surface area contributed by atoms with Crippen LogP contribution in [0.5, 0.6) is 0 Å². The van der Waals surface area contributed by atoms with Crippen LogP contribution in [-0.4, -0.2) is 25.5 Å². The van der Waals surface area contributed by atoms with Crippen LogP contribution in [-0.2, 0) is 18.5 Å². The summed E-state index contributed by atoms with van der Waals surface area (Å²) in [6, 6.07) is 15.6. The Balaban J connectivity index is 1.75. The second-order valence-corrected chi connectivity index (χ2v) is 6.12. The van der Waals surface area contributed by atoms with Crippen molar-refractivity contribution in [2.45, 2.75) is 20.5 Å². The molecule has 7 heteroatoms. The molecule has 7 nitrogen and oxygen atoms in total. The maximum Gasteiger partial charge on any atom is 0.368 e. The van der Waals surface area contributed by atoms with Gasteiger partial charge in [-0.25, -0.2) is 4.79 Å². The van der Waals surface area contributed by atoms with Gasteiger partial charge in [-0.2, -0.15) is 9.36 Å². The SMILES string of the molecule is CC(C=Cc1ccccc1)=NOCc1c(C)cccc1-n1nnn(C)c1=O. The first-order valence-electron chi connectivity index (χ1n) is 8.54. The number of tetrazole rings is 1. The Hall–Kier alpha value is -3.48. The van der Waals surface area contributed by atoms with Crippen LogP contribution in [0.25, 0.3) is 11.8 Å². The van der Waals surface area contributed by atoms with Crippen LogP contribution in [0.1, 0.15) is 23.6 Å². The number of hydrogen-bond acceptors (Lipinski definition) is 5. The maximum atomic E-state index is 12.2. The van der Waals surface area contributed by atoms with E-state index in [0.29, 0.717) is 5.69 Å². The molecule has 3 rings (SSSR count). The van der Waals surface area contributed by atoms with E-state index in [-0.39, 0.29) is 12.3 Å². The van der Waals surface area contributed by atoms with Gasteiger partial charge in [0.2, 0.25) is 0 Å². The Bertz CT molecular complexity index is 1030. The second kappa shape index (κ2) is 8.27. The van der Waals surface area contributed by atoms with Gasteiger partial charge >= 0.3 is 5.69 Å². The molecule has 0 spiro atoms. The second-order valence-electron chi connectivity index (χ2n) is 6.12. The highest BCUT2D eigenvalue weighted by Crippen LogP contribution is 2.18. The summed E-state index contributed by atoms with van der Waals surface area (Å²) in [5.74, 6) is 0. The van der Waals surface area contributed by atoms with Crippen LogP contribution in [0.2, 0.25) is 0 Å². The number of aromatic nitrogens is 4. The Morgan fingerprint density at radius 2 is 1.93 bits per heavy atom. The molecule has 0 radical (unpaired) electrons. The van der Waals surface area contributed by atoms with Gasteiger partial charge < -0.3 is 4.84 Å². The Morgan fingerprint density at radius 3 is 2.63 bits per heavy atom. The molecule has 0 unspecified atom stereocenters. The van der Waals surface area contributed by atoms with Gasteiger partial charge in [0, 0.05) is 12.6 Å². The zero-order chi connectivity index (χ0) is 19.2. The van der Waals surface area contributed by atoms with Crippen LogP contribution >= 0.6 is 0 Å². The molecule has 27 heavy (non-hydrogen) atoms. The lowest BCUT2D eigenvalue weighted by molar-refractivity contribution is 0.130. The van der Waals surface area contributed by atoms with Gasteiger partial charge in [-0.3, -0.25) is 0 Å². The van der Waals surface area contributed by atoms with E-state index in [1.54, 1.807) is 7.05 Å². The van der Waals surface area contributed by atoms with Gasteiger partial charge in [0.15, 0.2) is 0 Å². The zero-order valence-electron chi connectivity index (χ0n) is 15.5. The molecular formula is C20H21N5O2. The molecule has 0 aliphatic carbocycles. The monoisotopic (exact) mass is 363 g/mol. The Morgan fingerprint density at radius 1 is 1.15 bits per heavy atom. The van der Waals surface area contributed by atoms with Gasteiger partial charge in [0.05, 0.1) is 11.4 Å². The van der Waals surface area contributed by atoms with Crippen molar-refractivity contribution in [1.29, 1.82) is 0 Å². The molecule has 0 saturated heterocycles. The van der Waals surface area contributed by atoms with Gasteiger partial charge in [-0.15, -0.1) is 0 Å². The zero-order valence-corrected chi connectivity index (χ0v) is 15.5. The molecule has 0 aliphatic heterocycles. The van der Waals surface area contributed by atoms with Crippen molar-refractivity contribution in [3.05, 3.63) is 81.8 Å². The molecule has 3 aromatic rings. The van der Waals surface area contributed by atoms with Gasteiger partial charge in [-0.05, 0) is 47.5 Å². The predicted octanol–water partition coefficient (Wildman–Crippen LogP) is 2.88. The molecule has 0 bridgehead atoms. The molecule has 0 saturated carbocycles. The van der Waals surface area contributed by atoms with E-state index in [9.17, 15) is 4.79 Å². The fourth-order valence-corrected chi connectivity index (χ4v) is 2.55. The molecule has 0 aliphatic rings. The van der Waals surface area contributed by atoms with Gasteiger partial charge in [-0.1, -0.05) is 53.7 Å². The number of oxime groups is 1. The smallest absolute Gasteiger partial charge is 0.368 e. The number of allylic oxidation sites excluding steroid dienone is 1. The number of benzene rings is 2. The van der Waals surface area contributed by atoms with E-state index < -0.39 is 0 Å². The quantitative estimate of drug-likeness (QED) is 0.499. The third-order valence-electron chi connectivity index (χ3n) is 4.07. The van der Waals surface area contributed by atoms with E-state index >= 15 is 0 Å².